The fraction of sp³-hybridized carbons (Fsp3) is 0.125. The monoisotopic (exact) mass is 771 g/mol. The summed E-state index contributed by atoms with van der Waals surface area (Å²) in [4.78, 5) is 53.7. The maximum atomic E-state index is 11.8. The van der Waals surface area contributed by atoms with Crippen LogP contribution in [0.15, 0.2) is 52.5 Å². The van der Waals surface area contributed by atoms with Crippen LogP contribution in [0.4, 0.5) is 39.5 Å². The topological polar surface area (TPSA) is 128 Å². The van der Waals surface area contributed by atoms with E-state index in [1.165, 1.54) is 18.2 Å². The third-order valence-electron chi connectivity index (χ3n) is 4.01. The van der Waals surface area contributed by atoms with Crippen LogP contribution in [0, 0.1) is 19.3 Å². The first-order chi connectivity index (χ1) is 19.2. The SMILES string of the molecule is [OH+]=C([CH-]C(=[OH+])C(F)(F)F)c1cccs1.[OH+]=C([CH-]C(=[OH+])C(F)(F)F)c1cccs1.[OH+]=C([CH-]C(=[OH+])C(F)(F)F)c1cccs1.[Ru+3]. The first kappa shape index (κ1) is 39.7. The van der Waals surface area contributed by atoms with Gasteiger partial charge in [0.15, 0.2) is 0 Å². The molecule has 0 saturated heterocycles. The third kappa shape index (κ3) is 14.6. The summed E-state index contributed by atoms with van der Waals surface area (Å²) in [5, 5.41) is 4.80. The van der Waals surface area contributed by atoms with Crippen molar-refractivity contribution in [2.75, 3.05) is 0 Å². The number of alkyl halides is 9. The van der Waals surface area contributed by atoms with E-state index in [1.54, 1.807) is 34.3 Å². The van der Waals surface area contributed by atoms with Crippen LogP contribution >= 0.6 is 34.0 Å². The molecule has 0 fully saturated rings. The predicted octanol–water partition coefficient (Wildman–Crippen LogP) is 5.86. The molecule has 0 amide bonds. The molecule has 0 aliphatic carbocycles. The van der Waals surface area contributed by atoms with Crippen LogP contribution in [0.2, 0.25) is 0 Å². The Labute approximate surface area is 260 Å². The molecule has 6 nitrogen and oxygen atoms in total. The molecule has 43 heavy (non-hydrogen) atoms. The zero-order valence-corrected chi connectivity index (χ0v) is 24.8. The van der Waals surface area contributed by atoms with E-state index in [1.807, 2.05) is 0 Å². The molecule has 3 aromatic rings. The standard InChI is InChI=1S/3C8H4F3O2S.Ru/c3*9-8(10,11)7(13)4-5(12)6-2-1-3-14-6;/h3*1-4H;/q3*-1;+3/p+6. The molecule has 0 spiro atoms. The summed E-state index contributed by atoms with van der Waals surface area (Å²) in [6.07, 6.45) is -13.6. The van der Waals surface area contributed by atoms with Crippen molar-refractivity contribution in [3.8, 4) is 0 Å². The van der Waals surface area contributed by atoms with E-state index in [-0.39, 0.29) is 53.4 Å². The maximum absolute atomic E-state index is 11.8. The van der Waals surface area contributed by atoms with Gasteiger partial charge in [-0.3, -0.25) is 14.4 Å². The Balaban J connectivity index is 0.000000608. The van der Waals surface area contributed by atoms with E-state index < -0.39 is 53.2 Å². The van der Waals surface area contributed by atoms with Crippen LogP contribution in [0.5, 0.6) is 0 Å². The van der Waals surface area contributed by atoms with Crippen molar-refractivity contribution in [2.45, 2.75) is 18.5 Å². The van der Waals surface area contributed by atoms with Crippen LogP contribution in [0.25, 0.3) is 0 Å². The van der Waals surface area contributed by atoms with Gasteiger partial charge in [-0.2, -0.15) is 39.5 Å². The van der Waals surface area contributed by atoms with E-state index in [4.69, 9.17) is 28.8 Å². The van der Waals surface area contributed by atoms with Gasteiger partial charge in [0.25, 0.3) is 0 Å². The van der Waals surface area contributed by atoms with E-state index in [9.17, 15) is 39.5 Å². The Morgan fingerprint density at radius 3 is 0.814 bits per heavy atom. The third-order valence-corrected chi connectivity index (χ3v) is 6.69. The minimum absolute atomic E-state index is 0. The fourth-order valence-corrected chi connectivity index (χ4v) is 4.04. The van der Waals surface area contributed by atoms with E-state index in [0.717, 1.165) is 34.0 Å². The molecule has 0 aliphatic rings. The Morgan fingerprint density at radius 1 is 0.465 bits per heavy atom. The molecular formula is C24H18F9O6RuS3+6. The van der Waals surface area contributed by atoms with Crippen molar-refractivity contribution < 1.29 is 87.8 Å². The number of rotatable bonds is 9. The van der Waals surface area contributed by atoms with Gasteiger partial charge < -0.3 is 14.4 Å². The zero-order chi connectivity index (χ0) is 32.3. The molecule has 0 aliphatic heterocycles. The van der Waals surface area contributed by atoms with E-state index >= 15 is 0 Å². The predicted molar refractivity (Wildman–Crippen MR) is 143 cm³/mol. The Hall–Kier alpha value is -3.28. The van der Waals surface area contributed by atoms with Gasteiger partial charge >= 0.3 is 55.4 Å². The van der Waals surface area contributed by atoms with Crippen molar-refractivity contribution >= 4 is 68.7 Å². The van der Waals surface area contributed by atoms with Gasteiger partial charge in [0.2, 0.25) is 17.3 Å². The maximum Gasteiger partial charge on any atom is 3.00 e. The van der Waals surface area contributed by atoms with Gasteiger partial charge in [0, 0.05) is 19.3 Å². The molecule has 3 rings (SSSR count). The van der Waals surface area contributed by atoms with Crippen molar-refractivity contribution in [3.05, 3.63) is 86.4 Å². The average molecular weight is 771 g/mol. The fourth-order valence-electron chi connectivity index (χ4n) is 2.12. The molecule has 1 radical (unpaired) electrons. The number of thiophene rings is 3. The Bertz CT molecular complexity index is 1190. The minimum Gasteiger partial charge on any atom is -0.312 e. The molecule has 19 heteroatoms. The second-order valence-electron chi connectivity index (χ2n) is 7.17. The molecular weight excluding hydrogens is 753 g/mol. The Kier molecular flexibility index (Phi) is 15.8. The van der Waals surface area contributed by atoms with Crippen molar-refractivity contribution in [3.63, 3.8) is 0 Å². The molecule has 233 valence electrons. The summed E-state index contributed by atoms with van der Waals surface area (Å²) in [5.74, 6) is -7.25. The summed E-state index contributed by atoms with van der Waals surface area (Å²) in [6, 6.07) is 9.07. The van der Waals surface area contributed by atoms with Crippen molar-refractivity contribution in [2.24, 2.45) is 0 Å². The van der Waals surface area contributed by atoms with Gasteiger partial charge in [-0.05, 0) is 30.8 Å². The summed E-state index contributed by atoms with van der Waals surface area (Å²) in [7, 11) is 0. The number of hydrogen-bond acceptors (Lipinski definition) is 3. The molecule has 0 bridgehead atoms. The molecule has 0 saturated carbocycles. The molecule has 3 aromatic heterocycles. The first-order valence-corrected chi connectivity index (χ1v) is 13.1. The van der Waals surface area contributed by atoms with Crippen LogP contribution in [0.1, 0.15) is 14.6 Å². The van der Waals surface area contributed by atoms with Crippen molar-refractivity contribution in [1.29, 1.82) is 0 Å². The van der Waals surface area contributed by atoms with Crippen molar-refractivity contribution in [1.82, 2.24) is 0 Å². The molecule has 0 aromatic carbocycles. The summed E-state index contributed by atoms with van der Waals surface area (Å²) < 4.78 is 106. The number of ketones is 6. The number of hydrogen-bond donors (Lipinski definition) is 0. The summed E-state index contributed by atoms with van der Waals surface area (Å²) in [5.41, 5.74) is 0. The zero-order valence-electron chi connectivity index (χ0n) is 20.6. The van der Waals surface area contributed by atoms with E-state index in [2.05, 4.69) is 0 Å². The summed E-state index contributed by atoms with van der Waals surface area (Å²) in [6.45, 7) is 0. The quantitative estimate of drug-likeness (QED) is 0.0646. The summed E-state index contributed by atoms with van der Waals surface area (Å²) >= 11 is 3.22. The first-order valence-electron chi connectivity index (χ1n) is 10.5. The number of halogens is 9. The molecule has 3 heterocycles. The van der Waals surface area contributed by atoms with Crippen LogP contribution in [-0.2, 0) is 19.5 Å². The van der Waals surface area contributed by atoms with Gasteiger partial charge in [0.05, 0.1) is 0 Å². The van der Waals surface area contributed by atoms with E-state index in [0.29, 0.717) is 0 Å². The second-order valence-corrected chi connectivity index (χ2v) is 10.0. The van der Waals surface area contributed by atoms with Crippen LogP contribution in [0.3, 0.4) is 0 Å². The smallest absolute Gasteiger partial charge is 0.312 e. The normalized spacial score (nSPS) is 10.8. The number of carbonyl (C=O) groups excluding carboxylic acids is 6. The largest absolute Gasteiger partial charge is 3.00 e. The van der Waals surface area contributed by atoms with Gasteiger partial charge in [-0.1, -0.05) is 18.2 Å². The second kappa shape index (κ2) is 17.1. The van der Waals surface area contributed by atoms with Gasteiger partial charge in [-0.15, -0.1) is 18.2 Å². The van der Waals surface area contributed by atoms with Crippen LogP contribution < -0.4 is 0 Å². The van der Waals surface area contributed by atoms with Crippen LogP contribution in [-0.4, -0.2) is 82.0 Å². The average Bonchev–Trinajstić information content (AvgIpc) is 3.66. The van der Waals surface area contributed by atoms with Gasteiger partial charge in [0.1, 0.15) is 0 Å². The Morgan fingerprint density at radius 2 is 0.674 bits per heavy atom. The van der Waals surface area contributed by atoms with Gasteiger partial charge in [-0.25, -0.2) is 34.0 Å². The minimum atomic E-state index is -4.83. The molecule has 0 atom stereocenters. The molecule has 6 N–H and O–H groups in total. The molecule has 0 unspecified atom stereocenters.